The third kappa shape index (κ3) is 4.63. The summed E-state index contributed by atoms with van der Waals surface area (Å²) in [6.07, 6.45) is 7.22. The number of nitriles is 1. The summed E-state index contributed by atoms with van der Waals surface area (Å²) in [7, 11) is -1.44. The molecule has 0 saturated carbocycles. The van der Waals surface area contributed by atoms with E-state index in [9.17, 15) is 10.0 Å². The number of rotatable bonds is 6. The van der Waals surface area contributed by atoms with Crippen LogP contribution >= 0.6 is 0 Å². The summed E-state index contributed by atoms with van der Waals surface area (Å²) in [6.45, 7) is 1.75. The van der Waals surface area contributed by atoms with E-state index in [2.05, 4.69) is 25.2 Å². The maximum absolute atomic E-state index is 9.24. The molecule has 4 rings (SSSR count). The van der Waals surface area contributed by atoms with E-state index in [1.807, 2.05) is 18.2 Å². The highest BCUT2D eigenvalue weighted by Crippen LogP contribution is 2.32. The van der Waals surface area contributed by atoms with E-state index in [1.54, 1.807) is 42.9 Å². The van der Waals surface area contributed by atoms with Crippen molar-refractivity contribution in [3.63, 3.8) is 0 Å². The van der Waals surface area contributed by atoms with Gasteiger partial charge in [-0.2, -0.15) is 5.26 Å². The predicted octanol–water partition coefficient (Wildman–Crippen LogP) is 1.50. The van der Waals surface area contributed by atoms with Crippen molar-refractivity contribution in [2.24, 2.45) is 0 Å². The molecule has 30 heavy (non-hydrogen) atoms. The van der Waals surface area contributed by atoms with Crippen LogP contribution in [0.25, 0.3) is 0 Å². The maximum atomic E-state index is 9.24. The van der Waals surface area contributed by atoms with Crippen LogP contribution in [0.3, 0.4) is 0 Å². The van der Waals surface area contributed by atoms with Gasteiger partial charge in [0.2, 0.25) is 0 Å². The monoisotopic (exact) mass is 400 g/mol. The SMILES string of the molecule is N#Cc1ccc(Nc2cnc(C3CCCN3Cc3ccc(B(O)O)cc3)cn2)cn1. The highest BCUT2D eigenvalue weighted by atomic mass is 16.4. The molecule has 0 amide bonds. The van der Waals surface area contributed by atoms with Crippen molar-refractivity contribution in [2.45, 2.75) is 25.4 Å². The molecule has 0 spiro atoms. The van der Waals surface area contributed by atoms with Crippen molar-refractivity contribution >= 4 is 24.1 Å². The quantitative estimate of drug-likeness (QED) is 0.533. The minimum absolute atomic E-state index is 0.200. The Morgan fingerprint density at radius 2 is 1.90 bits per heavy atom. The second kappa shape index (κ2) is 9.01. The van der Waals surface area contributed by atoms with Gasteiger partial charge in [-0.05, 0) is 42.5 Å². The third-order valence-corrected chi connectivity index (χ3v) is 5.19. The van der Waals surface area contributed by atoms with E-state index in [0.29, 0.717) is 17.0 Å². The Kier molecular flexibility index (Phi) is 6.00. The molecule has 1 aliphatic rings. The van der Waals surface area contributed by atoms with Crippen LogP contribution in [0.15, 0.2) is 55.0 Å². The molecule has 1 unspecified atom stereocenters. The van der Waals surface area contributed by atoms with Crippen LogP contribution in [-0.4, -0.2) is 43.6 Å². The third-order valence-electron chi connectivity index (χ3n) is 5.19. The lowest BCUT2D eigenvalue weighted by atomic mass is 9.80. The number of hydrogen-bond donors (Lipinski definition) is 3. The first kappa shape index (κ1) is 20.0. The standard InChI is InChI=1S/C21H21BN6O2/c23-10-17-7-8-18(11-24-17)27-21-13-25-19(12-26-21)20-2-1-9-28(20)14-15-3-5-16(6-4-15)22(29)30/h3-8,11-13,20,29-30H,1-2,9,14H2,(H,26,27). The number of hydrogen-bond acceptors (Lipinski definition) is 8. The first-order chi connectivity index (χ1) is 14.6. The molecule has 0 bridgehead atoms. The summed E-state index contributed by atoms with van der Waals surface area (Å²) in [4.78, 5) is 15.5. The minimum Gasteiger partial charge on any atom is -0.423 e. The van der Waals surface area contributed by atoms with Gasteiger partial charge in [-0.15, -0.1) is 0 Å². The summed E-state index contributed by atoms with van der Waals surface area (Å²) in [6, 6.07) is 12.9. The fraction of sp³-hybridized carbons (Fsp3) is 0.238. The van der Waals surface area contributed by atoms with Gasteiger partial charge in [0.1, 0.15) is 17.6 Å². The predicted molar refractivity (Wildman–Crippen MR) is 113 cm³/mol. The zero-order chi connectivity index (χ0) is 20.9. The summed E-state index contributed by atoms with van der Waals surface area (Å²) in [5, 5.41) is 30.4. The topological polar surface area (TPSA) is 118 Å². The molecule has 8 nitrogen and oxygen atoms in total. The molecular weight excluding hydrogens is 379 g/mol. The maximum Gasteiger partial charge on any atom is 0.488 e. The van der Waals surface area contributed by atoms with Crippen LogP contribution in [0.2, 0.25) is 0 Å². The Morgan fingerprint density at radius 3 is 2.53 bits per heavy atom. The number of nitrogens with one attached hydrogen (secondary N) is 1. The van der Waals surface area contributed by atoms with Gasteiger partial charge in [0.25, 0.3) is 0 Å². The summed E-state index contributed by atoms with van der Waals surface area (Å²) >= 11 is 0. The average molecular weight is 400 g/mol. The first-order valence-electron chi connectivity index (χ1n) is 9.76. The summed E-state index contributed by atoms with van der Waals surface area (Å²) < 4.78 is 0. The van der Waals surface area contributed by atoms with Crippen LogP contribution in [0.1, 0.15) is 35.8 Å². The molecular formula is C21H21BN6O2. The highest BCUT2D eigenvalue weighted by molar-refractivity contribution is 6.58. The Bertz CT molecular complexity index is 1020. The number of aromatic nitrogens is 3. The van der Waals surface area contributed by atoms with Crippen molar-refractivity contribution in [1.29, 1.82) is 5.26 Å². The van der Waals surface area contributed by atoms with Crippen molar-refractivity contribution in [3.05, 3.63) is 71.9 Å². The second-order valence-corrected chi connectivity index (χ2v) is 7.24. The Balaban J connectivity index is 1.41. The van der Waals surface area contributed by atoms with Gasteiger partial charge in [0.05, 0.1) is 36.0 Å². The molecule has 150 valence electrons. The fourth-order valence-corrected chi connectivity index (χ4v) is 3.64. The molecule has 2 aromatic heterocycles. The average Bonchev–Trinajstić information content (AvgIpc) is 3.23. The zero-order valence-electron chi connectivity index (χ0n) is 16.3. The van der Waals surface area contributed by atoms with Crippen molar-refractivity contribution in [1.82, 2.24) is 19.9 Å². The van der Waals surface area contributed by atoms with Gasteiger partial charge in [-0.3, -0.25) is 9.88 Å². The van der Waals surface area contributed by atoms with Gasteiger partial charge >= 0.3 is 7.12 Å². The lowest BCUT2D eigenvalue weighted by molar-refractivity contribution is 0.244. The smallest absolute Gasteiger partial charge is 0.423 e. The van der Waals surface area contributed by atoms with Gasteiger partial charge in [-0.25, -0.2) is 9.97 Å². The van der Waals surface area contributed by atoms with Crippen molar-refractivity contribution in [3.8, 4) is 6.07 Å². The summed E-state index contributed by atoms with van der Waals surface area (Å²) in [5.41, 5.74) is 3.65. The molecule has 1 atom stereocenters. The van der Waals surface area contributed by atoms with E-state index in [0.717, 1.165) is 42.9 Å². The molecule has 1 aromatic carbocycles. The molecule has 9 heteroatoms. The molecule has 0 radical (unpaired) electrons. The molecule has 1 aliphatic heterocycles. The number of benzene rings is 1. The molecule has 3 N–H and O–H groups in total. The molecule has 1 fully saturated rings. The Hall–Kier alpha value is -3.32. The summed E-state index contributed by atoms with van der Waals surface area (Å²) in [5.74, 6) is 0.618. The molecule has 0 aliphatic carbocycles. The van der Waals surface area contributed by atoms with Crippen LogP contribution in [-0.2, 0) is 6.54 Å². The zero-order valence-corrected chi connectivity index (χ0v) is 16.3. The number of anilines is 2. The second-order valence-electron chi connectivity index (χ2n) is 7.24. The Labute approximate surface area is 175 Å². The highest BCUT2D eigenvalue weighted by Gasteiger charge is 2.27. The molecule has 3 heterocycles. The van der Waals surface area contributed by atoms with Crippen LogP contribution < -0.4 is 10.8 Å². The Morgan fingerprint density at radius 1 is 1.07 bits per heavy atom. The minimum atomic E-state index is -1.44. The lowest BCUT2D eigenvalue weighted by Gasteiger charge is -2.24. The largest absolute Gasteiger partial charge is 0.488 e. The van der Waals surface area contributed by atoms with Gasteiger partial charge in [0.15, 0.2) is 0 Å². The number of nitrogens with zero attached hydrogens (tertiary/aromatic N) is 5. The first-order valence-corrected chi connectivity index (χ1v) is 9.76. The molecule has 3 aromatic rings. The number of pyridine rings is 1. The normalized spacial score (nSPS) is 16.2. The van der Waals surface area contributed by atoms with E-state index in [4.69, 9.17) is 5.26 Å². The van der Waals surface area contributed by atoms with Crippen LogP contribution in [0.4, 0.5) is 11.5 Å². The van der Waals surface area contributed by atoms with E-state index in [1.165, 1.54) is 0 Å². The lowest BCUT2D eigenvalue weighted by Crippen LogP contribution is -2.30. The molecule has 1 saturated heterocycles. The van der Waals surface area contributed by atoms with Gasteiger partial charge in [0, 0.05) is 6.54 Å². The van der Waals surface area contributed by atoms with Crippen molar-refractivity contribution < 1.29 is 10.0 Å². The number of likely N-dealkylation sites (tertiary alicyclic amines) is 1. The van der Waals surface area contributed by atoms with Crippen LogP contribution in [0.5, 0.6) is 0 Å². The van der Waals surface area contributed by atoms with E-state index in [-0.39, 0.29) is 6.04 Å². The van der Waals surface area contributed by atoms with Gasteiger partial charge < -0.3 is 15.4 Å². The fourth-order valence-electron chi connectivity index (χ4n) is 3.64. The van der Waals surface area contributed by atoms with Gasteiger partial charge in [-0.1, -0.05) is 24.3 Å². The van der Waals surface area contributed by atoms with E-state index < -0.39 is 7.12 Å². The van der Waals surface area contributed by atoms with Crippen LogP contribution in [0, 0.1) is 11.3 Å². The van der Waals surface area contributed by atoms with E-state index >= 15 is 0 Å². The van der Waals surface area contributed by atoms with Crippen molar-refractivity contribution in [2.75, 3.05) is 11.9 Å².